The summed E-state index contributed by atoms with van der Waals surface area (Å²) >= 11 is 0. The molecule has 0 N–H and O–H groups in total. The summed E-state index contributed by atoms with van der Waals surface area (Å²) in [5, 5.41) is 0. The zero-order chi connectivity index (χ0) is 11.0. The minimum Gasteiger partial charge on any atom is -0.103 e. The lowest BCUT2D eigenvalue weighted by atomic mass is 9.85. The van der Waals surface area contributed by atoms with Crippen LogP contribution >= 0.6 is 0 Å². The van der Waals surface area contributed by atoms with E-state index in [1.54, 1.807) is 0 Å². The quantitative estimate of drug-likeness (QED) is 0.388. The zero-order valence-electron chi connectivity index (χ0n) is 10.6. The van der Waals surface area contributed by atoms with Gasteiger partial charge in [-0.2, -0.15) is 0 Å². The largest absolute Gasteiger partial charge is 0.103 e. The molecule has 84 valence electrons. The van der Waals surface area contributed by atoms with Crippen LogP contribution in [0.3, 0.4) is 0 Å². The van der Waals surface area contributed by atoms with Crippen molar-refractivity contribution in [2.75, 3.05) is 0 Å². The first kappa shape index (κ1) is 13.7. The Balaban J connectivity index is 3.63. The molecule has 1 unspecified atom stereocenters. The summed E-state index contributed by atoms with van der Waals surface area (Å²) in [6.45, 7) is 13.2. The van der Waals surface area contributed by atoms with E-state index in [-0.39, 0.29) is 0 Å². The van der Waals surface area contributed by atoms with Crippen LogP contribution in [0.25, 0.3) is 0 Å². The van der Waals surface area contributed by atoms with Crippen molar-refractivity contribution in [3.63, 3.8) is 0 Å². The molecule has 0 radical (unpaired) electrons. The highest BCUT2D eigenvalue weighted by molar-refractivity contribution is 4.80. The average molecular weight is 196 g/mol. The second kappa shape index (κ2) is 7.09. The molecule has 0 aromatic rings. The lowest BCUT2D eigenvalue weighted by Crippen LogP contribution is -2.08. The number of hydrogen-bond acceptors (Lipinski definition) is 0. The van der Waals surface area contributed by atoms with E-state index >= 15 is 0 Å². The fraction of sp³-hybridized carbons (Fsp3) is 0.857. The Labute approximate surface area is 90.8 Å². The molecule has 0 bridgehead atoms. The van der Waals surface area contributed by atoms with E-state index in [0.29, 0.717) is 5.41 Å². The van der Waals surface area contributed by atoms with E-state index in [1.807, 2.05) is 0 Å². The van der Waals surface area contributed by atoms with Gasteiger partial charge in [0.25, 0.3) is 0 Å². The summed E-state index contributed by atoms with van der Waals surface area (Å²) in [5.41, 5.74) is 0.478. The van der Waals surface area contributed by atoms with E-state index in [2.05, 4.69) is 40.3 Å². The van der Waals surface area contributed by atoms with Crippen LogP contribution in [-0.4, -0.2) is 0 Å². The first-order valence-corrected chi connectivity index (χ1v) is 6.12. The lowest BCUT2D eigenvalue weighted by Gasteiger charge is -2.21. The van der Waals surface area contributed by atoms with Gasteiger partial charge in [0.05, 0.1) is 0 Å². The van der Waals surface area contributed by atoms with Gasteiger partial charge in [-0.25, -0.2) is 0 Å². The standard InChI is InChI=1S/C14H28/c1-6-8-9-10-13(7-2)11-12-14(3,4)5/h7,13H,2,6,8-12H2,1,3-5H3. The summed E-state index contributed by atoms with van der Waals surface area (Å²) in [5.74, 6) is 0.751. The first-order valence-electron chi connectivity index (χ1n) is 6.12. The first-order chi connectivity index (χ1) is 6.49. The SMILES string of the molecule is C=CC(CCCCC)CCC(C)(C)C. The maximum absolute atomic E-state index is 3.94. The van der Waals surface area contributed by atoms with E-state index in [0.717, 1.165) is 5.92 Å². The van der Waals surface area contributed by atoms with E-state index < -0.39 is 0 Å². The summed E-state index contributed by atoms with van der Waals surface area (Å²) in [7, 11) is 0. The van der Waals surface area contributed by atoms with Crippen LogP contribution in [0.1, 0.15) is 66.2 Å². The van der Waals surface area contributed by atoms with Crippen molar-refractivity contribution in [1.29, 1.82) is 0 Å². The van der Waals surface area contributed by atoms with Crippen LogP contribution in [0.4, 0.5) is 0 Å². The molecule has 0 saturated carbocycles. The summed E-state index contributed by atoms with van der Waals surface area (Å²) in [4.78, 5) is 0. The lowest BCUT2D eigenvalue weighted by molar-refractivity contribution is 0.332. The molecule has 0 amide bonds. The minimum atomic E-state index is 0.478. The maximum atomic E-state index is 3.94. The minimum absolute atomic E-state index is 0.478. The molecular weight excluding hydrogens is 168 g/mol. The van der Waals surface area contributed by atoms with E-state index in [1.165, 1.54) is 38.5 Å². The fourth-order valence-corrected chi connectivity index (χ4v) is 1.65. The predicted octanol–water partition coefficient (Wildman–Crippen LogP) is 5.20. The van der Waals surface area contributed by atoms with Gasteiger partial charge >= 0.3 is 0 Å². The molecule has 1 atom stereocenters. The van der Waals surface area contributed by atoms with Gasteiger partial charge in [-0.1, -0.05) is 53.0 Å². The van der Waals surface area contributed by atoms with Crippen LogP contribution in [0.15, 0.2) is 12.7 Å². The molecule has 0 aromatic carbocycles. The van der Waals surface area contributed by atoms with Crippen molar-refractivity contribution in [2.24, 2.45) is 11.3 Å². The third-order valence-electron chi connectivity index (χ3n) is 2.78. The Morgan fingerprint density at radius 3 is 2.21 bits per heavy atom. The smallest absolute Gasteiger partial charge is 0.0236 e. The van der Waals surface area contributed by atoms with Crippen molar-refractivity contribution < 1.29 is 0 Å². The Bertz CT molecular complexity index is 139. The molecule has 0 heterocycles. The van der Waals surface area contributed by atoms with Gasteiger partial charge in [0.15, 0.2) is 0 Å². The van der Waals surface area contributed by atoms with Gasteiger partial charge in [-0.15, -0.1) is 6.58 Å². The molecule has 0 spiro atoms. The van der Waals surface area contributed by atoms with Gasteiger partial charge in [-0.05, 0) is 30.6 Å². The Kier molecular flexibility index (Phi) is 6.96. The zero-order valence-corrected chi connectivity index (χ0v) is 10.6. The van der Waals surface area contributed by atoms with E-state index in [4.69, 9.17) is 0 Å². The van der Waals surface area contributed by atoms with Crippen molar-refractivity contribution >= 4 is 0 Å². The van der Waals surface area contributed by atoms with Crippen LogP contribution in [-0.2, 0) is 0 Å². The highest BCUT2D eigenvalue weighted by atomic mass is 14.2. The highest BCUT2D eigenvalue weighted by Gasteiger charge is 2.12. The molecule has 0 aliphatic heterocycles. The third-order valence-corrected chi connectivity index (χ3v) is 2.78. The van der Waals surface area contributed by atoms with Crippen molar-refractivity contribution in [2.45, 2.75) is 66.2 Å². The van der Waals surface area contributed by atoms with Crippen LogP contribution in [0.5, 0.6) is 0 Å². The number of unbranched alkanes of at least 4 members (excludes halogenated alkanes) is 2. The van der Waals surface area contributed by atoms with Gasteiger partial charge in [0, 0.05) is 0 Å². The molecule has 0 nitrogen and oxygen atoms in total. The van der Waals surface area contributed by atoms with Gasteiger partial charge in [0.1, 0.15) is 0 Å². The molecule has 14 heavy (non-hydrogen) atoms. The maximum Gasteiger partial charge on any atom is -0.0236 e. The Hall–Kier alpha value is -0.260. The molecule has 0 fully saturated rings. The number of hydrogen-bond donors (Lipinski definition) is 0. The molecule has 0 aromatic heterocycles. The Morgan fingerprint density at radius 1 is 1.14 bits per heavy atom. The van der Waals surface area contributed by atoms with Gasteiger partial charge in [0.2, 0.25) is 0 Å². The van der Waals surface area contributed by atoms with E-state index in [9.17, 15) is 0 Å². The topological polar surface area (TPSA) is 0 Å². The molecule has 0 rings (SSSR count). The molecule has 0 aliphatic rings. The number of rotatable bonds is 7. The van der Waals surface area contributed by atoms with Crippen LogP contribution in [0, 0.1) is 11.3 Å². The van der Waals surface area contributed by atoms with Crippen LogP contribution < -0.4 is 0 Å². The normalized spacial score (nSPS) is 14.0. The second-order valence-electron chi connectivity index (χ2n) is 5.59. The fourth-order valence-electron chi connectivity index (χ4n) is 1.65. The molecular formula is C14H28. The summed E-state index contributed by atoms with van der Waals surface area (Å²) in [6.07, 6.45) is 10.2. The summed E-state index contributed by atoms with van der Waals surface area (Å²) < 4.78 is 0. The molecule has 0 heteroatoms. The second-order valence-corrected chi connectivity index (χ2v) is 5.59. The van der Waals surface area contributed by atoms with Crippen molar-refractivity contribution in [1.82, 2.24) is 0 Å². The summed E-state index contributed by atoms with van der Waals surface area (Å²) in [6, 6.07) is 0. The van der Waals surface area contributed by atoms with Crippen molar-refractivity contribution in [3.05, 3.63) is 12.7 Å². The Morgan fingerprint density at radius 2 is 1.79 bits per heavy atom. The predicted molar refractivity (Wildman–Crippen MR) is 66.5 cm³/mol. The van der Waals surface area contributed by atoms with Gasteiger partial charge in [-0.3, -0.25) is 0 Å². The monoisotopic (exact) mass is 196 g/mol. The van der Waals surface area contributed by atoms with Crippen molar-refractivity contribution in [3.8, 4) is 0 Å². The molecule has 0 saturated heterocycles. The van der Waals surface area contributed by atoms with Crippen LogP contribution in [0.2, 0.25) is 0 Å². The number of allylic oxidation sites excluding steroid dienone is 1. The molecule has 0 aliphatic carbocycles. The third kappa shape index (κ3) is 8.34. The average Bonchev–Trinajstić information content (AvgIpc) is 2.09. The highest BCUT2D eigenvalue weighted by Crippen LogP contribution is 2.26. The van der Waals surface area contributed by atoms with Gasteiger partial charge < -0.3 is 0 Å².